The van der Waals surface area contributed by atoms with E-state index in [1.807, 2.05) is 6.07 Å². The number of hydrogen-bond donors (Lipinski definition) is 3. The van der Waals surface area contributed by atoms with Crippen LogP contribution in [-0.2, 0) is 16.9 Å². The van der Waals surface area contributed by atoms with Gasteiger partial charge in [-0.1, -0.05) is 11.6 Å². The number of benzene rings is 1. The number of rotatable bonds is 8. The van der Waals surface area contributed by atoms with Gasteiger partial charge in [0.05, 0.1) is 29.9 Å². The van der Waals surface area contributed by atoms with Gasteiger partial charge < -0.3 is 20.7 Å². The van der Waals surface area contributed by atoms with E-state index in [9.17, 15) is 8.42 Å². The lowest BCUT2D eigenvalue weighted by molar-refractivity contribution is 0.413. The number of aromatic nitrogens is 4. The zero-order valence-corrected chi connectivity index (χ0v) is 22.7. The number of ether oxygens (including phenoxy) is 1. The number of methoxy groups -OCH3 is 1. The zero-order chi connectivity index (χ0) is 26.0. The third-order valence-corrected chi connectivity index (χ3v) is 8.65. The summed E-state index contributed by atoms with van der Waals surface area (Å²) in [6.45, 7) is 7.34. The average Bonchev–Trinajstić information content (AvgIpc) is 3.22. The topological polar surface area (TPSA) is 123 Å². The van der Waals surface area contributed by atoms with Gasteiger partial charge in [-0.15, -0.1) is 0 Å². The van der Waals surface area contributed by atoms with Crippen molar-refractivity contribution in [3.05, 3.63) is 40.7 Å². The number of hydrogen-bond acceptors (Lipinski definition) is 9. The standard InChI is InChI=1S/C24H32ClN7O3S/c1-14(2)36(33,34)23-20(13-32(4)31-23)28-22-18(25)12-27-24(30-22)29-19-10-15(3)17(11-21(19)35-5)16-6-8-26-9-7-16/h10-14,16,26H,6-9H2,1-5H3,(H2,27,28,29,30). The first-order valence-electron chi connectivity index (χ1n) is 11.8. The fourth-order valence-electron chi connectivity index (χ4n) is 4.29. The Morgan fingerprint density at radius 1 is 1.19 bits per heavy atom. The largest absolute Gasteiger partial charge is 0.495 e. The summed E-state index contributed by atoms with van der Waals surface area (Å²) >= 11 is 6.35. The molecule has 0 atom stereocenters. The van der Waals surface area contributed by atoms with E-state index in [-0.39, 0.29) is 27.5 Å². The maximum absolute atomic E-state index is 12.8. The summed E-state index contributed by atoms with van der Waals surface area (Å²) < 4.78 is 32.7. The highest BCUT2D eigenvalue weighted by molar-refractivity contribution is 7.92. The first kappa shape index (κ1) is 26.2. The van der Waals surface area contributed by atoms with Crippen LogP contribution in [0.5, 0.6) is 5.75 Å². The van der Waals surface area contributed by atoms with E-state index >= 15 is 0 Å². The molecule has 2 aromatic heterocycles. The van der Waals surface area contributed by atoms with Crippen molar-refractivity contribution >= 4 is 44.6 Å². The molecule has 0 bridgehead atoms. The van der Waals surface area contributed by atoms with Crippen LogP contribution >= 0.6 is 11.6 Å². The van der Waals surface area contributed by atoms with Crippen LogP contribution in [0.2, 0.25) is 5.02 Å². The number of nitrogens with one attached hydrogen (secondary N) is 3. The molecule has 194 valence electrons. The van der Waals surface area contributed by atoms with Crippen LogP contribution in [-0.4, -0.2) is 53.6 Å². The smallest absolute Gasteiger partial charge is 0.229 e. The maximum atomic E-state index is 12.8. The van der Waals surface area contributed by atoms with Crippen LogP contribution in [0.1, 0.15) is 43.7 Å². The molecule has 1 fully saturated rings. The molecule has 0 radical (unpaired) electrons. The number of nitrogens with zero attached hydrogens (tertiary/aromatic N) is 4. The van der Waals surface area contributed by atoms with Gasteiger partial charge in [0.15, 0.2) is 5.82 Å². The Hall–Kier alpha value is -2.89. The van der Waals surface area contributed by atoms with Crippen LogP contribution in [0.4, 0.5) is 23.1 Å². The normalized spacial score (nSPS) is 14.8. The van der Waals surface area contributed by atoms with Gasteiger partial charge in [-0.25, -0.2) is 13.4 Å². The Labute approximate surface area is 216 Å². The molecular formula is C24H32ClN7O3S. The van der Waals surface area contributed by atoms with Gasteiger partial charge in [0.25, 0.3) is 0 Å². The van der Waals surface area contributed by atoms with Gasteiger partial charge in [-0.05, 0) is 75.9 Å². The van der Waals surface area contributed by atoms with Crippen molar-refractivity contribution in [1.29, 1.82) is 0 Å². The highest BCUT2D eigenvalue weighted by atomic mass is 35.5. The molecule has 4 rings (SSSR count). The summed E-state index contributed by atoms with van der Waals surface area (Å²) in [7, 11) is -0.333. The maximum Gasteiger partial charge on any atom is 0.229 e. The lowest BCUT2D eigenvalue weighted by atomic mass is 9.87. The summed E-state index contributed by atoms with van der Waals surface area (Å²) in [4.78, 5) is 8.80. The minimum atomic E-state index is -3.62. The molecule has 3 aromatic rings. The van der Waals surface area contributed by atoms with E-state index in [0.717, 1.165) is 37.2 Å². The highest BCUT2D eigenvalue weighted by Gasteiger charge is 2.27. The first-order chi connectivity index (χ1) is 17.1. The van der Waals surface area contributed by atoms with E-state index in [4.69, 9.17) is 16.3 Å². The van der Waals surface area contributed by atoms with E-state index in [1.165, 1.54) is 16.4 Å². The van der Waals surface area contributed by atoms with Gasteiger partial charge in [-0.2, -0.15) is 10.1 Å². The van der Waals surface area contributed by atoms with Crippen molar-refractivity contribution in [3.63, 3.8) is 0 Å². The quantitative estimate of drug-likeness (QED) is 0.388. The molecule has 1 aliphatic heterocycles. The van der Waals surface area contributed by atoms with Crippen molar-refractivity contribution in [2.24, 2.45) is 7.05 Å². The summed E-state index contributed by atoms with van der Waals surface area (Å²) in [5.41, 5.74) is 3.47. The predicted molar refractivity (Wildman–Crippen MR) is 142 cm³/mol. The Kier molecular flexibility index (Phi) is 7.72. The molecule has 0 aliphatic carbocycles. The number of sulfone groups is 1. The number of halogens is 1. The molecule has 0 spiro atoms. The SMILES string of the molecule is COc1cc(C2CCNCC2)c(C)cc1Nc1ncc(Cl)c(Nc2cn(C)nc2S(=O)(=O)C(C)C)n1. The third kappa shape index (κ3) is 5.42. The van der Waals surface area contributed by atoms with E-state index in [0.29, 0.717) is 11.7 Å². The fourth-order valence-corrected chi connectivity index (χ4v) is 5.53. The minimum Gasteiger partial charge on any atom is -0.495 e. The molecule has 3 N–H and O–H groups in total. The Morgan fingerprint density at radius 3 is 2.58 bits per heavy atom. The monoisotopic (exact) mass is 533 g/mol. The third-order valence-electron chi connectivity index (χ3n) is 6.30. The second-order valence-corrected chi connectivity index (χ2v) is 12.0. The van der Waals surface area contributed by atoms with Gasteiger partial charge in [0.1, 0.15) is 10.8 Å². The van der Waals surface area contributed by atoms with Crippen LogP contribution < -0.4 is 20.7 Å². The van der Waals surface area contributed by atoms with Crippen molar-refractivity contribution < 1.29 is 13.2 Å². The van der Waals surface area contributed by atoms with Crippen LogP contribution in [0.15, 0.2) is 29.6 Å². The minimum absolute atomic E-state index is 0.0602. The Bertz CT molecular complexity index is 1350. The molecule has 1 aliphatic rings. The van der Waals surface area contributed by atoms with E-state index in [1.54, 1.807) is 34.2 Å². The van der Waals surface area contributed by atoms with Gasteiger partial charge >= 0.3 is 0 Å². The number of aryl methyl sites for hydroxylation is 2. The van der Waals surface area contributed by atoms with Crippen molar-refractivity contribution in [2.45, 2.75) is 49.8 Å². The molecule has 1 saturated heterocycles. The first-order valence-corrected chi connectivity index (χ1v) is 13.8. The Morgan fingerprint density at radius 2 is 1.92 bits per heavy atom. The van der Waals surface area contributed by atoms with Crippen molar-refractivity contribution in [1.82, 2.24) is 25.1 Å². The molecule has 0 saturated carbocycles. The van der Waals surface area contributed by atoms with Gasteiger partial charge in [-0.3, -0.25) is 4.68 Å². The second kappa shape index (κ2) is 10.6. The number of piperidine rings is 1. The lowest BCUT2D eigenvalue weighted by Crippen LogP contribution is -2.27. The molecule has 36 heavy (non-hydrogen) atoms. The average molecular weight is 534 g/mol. The summed E-state index contributed by atoms with van der Waals surface area (Å²) in [5.74, 6) is 1.73. The van der Waals surface area contributed by atoms with Crippen molar-refractivity contribution in [3.8, 4) is 5.75 Å². The Balaban J connectivity index is 1.63. The van der Waals surface area contributed by atoms with Gasteiger partial charge in [0, 0.05) is 13.2 Å². The fraction of sp³-hybridized carbons (Fsp3) is 0.458. The molecular weight excluding hydrogens is 502 g/mol. The van der Waals surface area contributed by atoms with Crippen molar-refractivity contribution in [2.75, 3.05) is 30.8 Å². The molecule has 0 amide bonds. The van der Waals surface area contributed by atoms with Crippen LogP contribution in [0.3, 0.4) is 0 Å². The van der Waals surface area contributed by atoms with E-state index < -0.39 is 15.1 Å². The van der Waals surface area contributed by atoms with Crippen LogP contribution in [0.25, 0.3) is 0 Å². The number of anilines is 4. The molecule has 10 nitrogen and oxygen atoms in total. The summed E-state index contributed by atoms with van der Waals surface area (Å²) in [6, 6.07) is 4.12. The lowest BCUT2D eigenvalue weighted by Gasteiger charge is -2.25. The zero-order valence-electron chi connectivity index (χ0n) is 21.1. The molecule has 1 aromatic carbocycles. The molecule has 12 heteroatoms. The molecule has 3 heterocycles. The summed E-state index contributed by atoms with van der Waals surface area (Å²) in [6.07, 6.45) is 5.21. The van der Waals surface area contributed by atoms with Gasteiger partial charge in [0.2, 0.25) is 20.8 Å². The second-order valence-electron chi connectivity index (χ2n) is 9.19. The van der Waals surface area contributed by atoms with E-state index in [2.05, 4.69) is 44.0 Å². The van der Waals surface area contributed by atoms with Crippen LogP contribution in [0, 0.1) is 6.92 Å². The summed E-state index contributed by atoms with van der Waals surface area (Å²) in [5, 5.41) is 13.3. The predicted octanol–water partition coefficient (Wildman–Crippen LogP) is 4.32. The molecule has 0 unspecified atom stereocenters. The highest BCUT2D eigenvalue weighted by Crippen LogP contribution is 2.37.